The molecule has 9 heteroatoms. The maximum Gasteiger partial charge on any atom is 0.277 e. The Morgan fingerprint density at radius 2 is 1.91 bits per heavy atom. The number of anilines is 1. The molecule has 0 aliphatic heterocycles. The molecule has 0 aliphatic rings. The Hall–Kier alpha value is -3.46. The van der Waals surface area contributed by atoms with E-state index in [0.717, 1.165) is 27.9 Å². The molecule has 164 valence electrons. The van der Waals surface area contributed by atoms with Crippen LogP contribution >= 0.6 is 11.8 Å². The van der Waals surface area contributed by atoms with Crippen LogP contribution < -0.4 is 5.32 Å². The number of rotatable bonds is 8. The van der Waals surface area contributed by atoms with Crippen LogP contribution in [0.2, 0.25) is 0 Å². The van der Waals surface area contributed by atoms with Crippen molar-refractivity contribution < 1.29 is 13.7 Å². The lowest BCUT2D eigenvalue weighted by Gasteiger charge is -2.08. The molecule has 0 aliphatic carbocycles. The number of carbonyl (C=O) groups is 1. The topological polar surface area (TPSA) is 107 Å². The zero-order chi connectivity index (χ0) is 22.5. The van der Waals surface area contributed by atoms with Crippen molar-refractivity contribution in [3.8, 4) is 11.5 Å². The Morgan fingerprint density at radius 1 is 1.06 bits per heavy atom. The molecule has 4 aromatic rings. The molecule has 0 unspecified atom stereocenters. The van der Waals surface area contributed by atoms with E-state index in [9.17, 15) is 4.79 Å². The SMILES string of the molecule is Cc1cccc(-c2nnc(SCc3noc(CCC(=O)Nc4ccc(C)cc4C)n3)o2)c1. The van der Waals surface area contributed by atoms with Gasteiger partial charge in [0.25, 0.3) is 5.22 Å². The maximum atomic E-state index is 12.2. The smallest absolute Gasteiger partial charge is 0.277 e. The normalized spacial score (nSPS) is 11.0. The number of benzene rings is 2. The van der Waals surface area contributed by atoms with Crippen molar-refractivity contribution in [2.24, 2.45) is 0 Å². The Kier molecular flexibility index (Phi) is 6.65. The fraction of sp³-hybridized carbons (Fsp3) is 0.261. The van der Waals surface area contributed by atoms with Gasteiger partial charge in [-0.15, -0.1) is 10.2 Å². The summed E-state index contributed by atoms with van der Waals surface area (Å²) in [7, 11) is 0. The zero-order valence-corrected chi connectivity index (χ0v) is 18.9. The van der Waals surface area contributed by atoms with Crippen LogP contribution in [0.15, 0.2) is 56.6 Å². The van der Waals surface area contributed by atoms with Gasteiger partial charge in [0.2, 0.25) is 17.7 Å². The molecule has 0 saturated heterocycles. The number of carbonyl (C=O) groups excluding carboxylic acids is 1. The Morgan fingerprint density at radius 3 is 2.72 bits per heavy atom. The molecule has 2 heterocycles. The number of nitrogens with one attached hydrogen (secondary N) is 1. The van der Waals surface area contributed by atoms with Gasteiger partial charge in [-0.3, -0.25) is 4.79 Å². The first-order chi connectivity index (χ1) is 15.5. The second kappa shape index (κ2) is 9.78. The first-order valence-electron chi connectivity index (χ1n) is 10.2. The van der Waals surface area contributed by atoms with E-state index in [-0.39, 0.29) is 12.3 Å². The third-order valence-electron chi connectivity index (χ3n) is 4.73. The highest BCUT2D eigenvalue weighted by Gasteiger charge is 2.13. The number of amides is 1. The van der Waals surface area contributed by atoms with Gasteiger partial charge in [-0.25, -0.2) is 0 Å². The zero-order valence-electron chi connectivity index (χ0n) is 18.1. The van der Waals surface area contributed by atoms with Crippen LogP contribution in [0.3, 0.4) is 0 Å². The van der Waals surface area contributed by atoms with Gasteiger partial charge in [0.15, 0.2) is 5.82 Å². The first-order valence-corrected chi connectivity index (χ1v) is 11.2. The molecule has 1 N–H and O–H groups in total. The molecule has 0 atom stereocenters. The van der Waals surface area contributed by atoms with E-state index >= 15 is 0 Å². The molecular weight excluding hydrogens is 426 g/mol. The lowest BCUT2D eigenvalue weighted by Crippen LogP contribution is -2.13. The minimum atomic E-state index is -0.0967. The minimum absolute atomic E-state index is 0.0967. The Balaban J connectivity index is 1.26. The van der Waals surface area contributed by atoms with Crippen LogP contribution in [0, 0.1) is 20.8 Å². The van der Waals surface area contributed by atoms with Crippen LogP contribution in [0.25, 0.3) is 11.5 Å². The predicted octanol–water partition coefficient (Wildman–Crippen LogP) is 4.91. The molecule has 32 heavy (non-hydrogen) atoms. The predicted molar refractivity (Wildman–Crippen MR) is 121 cm³/mol. The molecule has 2 aromatic heterocycles. The summed E-state index contributed by atoms with van der Waals surface area (Å²) in [5.74, 6) is 1.73. The molecule has 8 nitrogen and oxygen atoms in total. The van der Waals surface area contributed by atoms with Crippen molar-refractivity contribution in [1.82, 2.24) is 20.3 Å². The minimum Gasteiger partial charge on any atom is -0.411 e. The molecular formula is C23H23N5O3S. The van der Waals surface area contributed by atoms with Gasteiger partial charge in [-0.1, -0.05) is 52.3 Å². The van der Waals surface area contributed by atoms with Gasteiger partial charge in [-0.2, -0.15) is 4.98 Å². The summed E-state index contributed by atoms with van der Waals surface area (Å²) in [6.45, 7) is 6.00. The number of hydrogen-bond acceptors (Lipinski definition) is 8. The number of nitrogens with zero attached hydrogens (tertiary/aromatic N) is 4. The highest BCUT2D eigenvalue weighted by atomic mass is 32.2. The van der Waals surface area contributed by atoms with E-state index in [0.29, 0.717) is 35.0 Å². The third-order valence-corrected chi connectivity index (χ3v) is 5.54. The van der Waals surface area contributed by atoms with Crippen molar-refractivity contribution in [2.75, 3.05) is 5.32 Å². The fourth-order valence-electron chi connectivity index (χ4n) is 3.13. The molecule has 0 saturated carbocycles. The monoisotopic (exact) mass is 449 g/mol. The summed E-state index contributed by atoms with van der Waals surface area (Å²) >= 11 is 1.33. The van der Waals surface area contributed by atoms with E-state index in [2.05, 4.69) is 25.7 Å². The van der Waals surface area contributed by atoms with E-state index in [1.807, 2.05) is 63.2 Å². The van der Waals surface area contributed by atoms with Crippen molar-refractivity contribution in [3.63, 3.8) is 0 Å². The lowest BCUT2D eigenvalue weighted by molar-refractivity contribution is -0.116. The van der Waals surface area contributed by atoms with Crippen molar-refractivity contribution in [1.29, 1.82) is 0 Å². The van der Waals surface area contributed by atoms with Gasteiger partial charge in [0, 0.05) is 24.1 Å². The quantitative estimate of drug-likeness (QED) is 0.378. The number of aryl methyl sites for hydroxylation is 4. The summed E-state index contributed by atoms with van der Waals surface area (Å²) in [6.07, 6.45) is 0.623. The van der Waals surface area contributed by atoms with Crippen LogP contribution in [0.4, 0.5) is 5.69 Å². The van der Waals surface area contributed by atoms with Gasteiger partial charge in [-0.05, 0) is 44.5 Å². The summed E-state index contributed by atoms with van der Waals surface area (Å²) in [5, 5.41) is 15.5. The molecule has 1 amide bonds. The molecule has 2 aromatic carbocycles. The number of hydrogen-bond donors (Lipinski definition) is 1. The molecule has 4 rings (SSSR count). The van der Waals surface area contributed by atoms with E-state index < -0.39 is 0 Å². The van der Waals surface area contributed by atoms with E-state index in [4.69, 9.17) is 8.94 Å². The van der Waals surface area contributed by atoms with Crippen LogP contribution in [-0.4, -0.2) is 26.2 Å². The van der Waals surface area contributed by atoms with Crippen molar-refractivity contribution in [3.05, 3.63) is 70.9 Å². The van der Waals surface area contributed by atoms with Gasteiger partial charge in [0.1, 0.15) is 0 Å². The van der Waals surface area contributed by atoms with Crippen molar-refractivity contribution in [2.45, 2.75) is 44.6 Å². The van der Waals surface area contributed by atoms with Gasteiger partial charge >= 0.3 is 0 Å². The molecule has 0 fully saturated rings. The average Bonchev–Trinajstić information content (AvgIpc) is 3.42. The van der Waals surface area contributed by atoms with Crippen molar-refractivity contribution >= 4 is 23.4 Å². The van der Waals surface area contributed by atoms with E-state index in [1.165, 1.54) is 11.8 Å². The summed E-state index contributed by atoms with van der Waals surface area (Å²) < 4.78 is 11.0. The summed E-state index contributed by atoms with van der Waals surface area (Å²) in [6, 6.07) is 13.8. The fourth-order valence-corrected chi connectivity index (χ4v) is 3.73. The Bertz CT molecular complexity index is 1230. The summed E-state index contributed by atoms with van der Waals surface area (Å²) in [5.41, 5.74) is 5.00. The standard InChI is InChI=1S/C23H23N5O3S/c1-14-5-4-6-17(12-14)22-26-27-23(30-22)32-13-19-25-21(31-28-19)10-9-20(29)24-18-8-7-15(2)11-16(18)3/h4-8,11-12H,9-10,13H2,1-3H3,(H,24,29). The van der Waals surface area contributed by atoms with Crippen LogP contribution in [0.5, 0.6) is 0 Å². The second-order valence-corrected chi connectivity index (χ2v) is 8.43. The highest BCUT2D eigenvalue weighted by Crippen LogP contribution is 2.25. The highest BCUT2D eigenvalue weighted by molar-refractivity contribution is 7.98. The molecule has 0 bridgehead atoms. The molecule has 0 spiro atoms. The Labute approximate surface area is 189 Å². The molecule has 0 radical (unpaired) electrons. The van der Waals surface area contributed by atoms with E-state index in [1.54, 1.807) is 0 Å². The number of aromatic nitrogens is 4. The van der Waals surface area contributed by atoms with Gasteiger partial charge < -0.3 is 14.3 Å². The number of thioether (sulfide) groups is 1. The lowest BCUT2D eigenvalue weighted by atomic mass is 10.1. The second-order valence-electron chi connectivity index (χ2n) is 7.50. The third kappa shape index (κ3) is 5.61. The maximum absolute atomic E-state index is 12.2. The van der Waals surface area contributed by atoms with Crippen LogP contribution in [0.1, 0.15) is 34.8 Å². The van der Waals surface area contributed by atoms with Gasteiger partial charge in [0.05, 0.1) is 5.75 Å². The largest absolute Gasteiger partial charge is 0.411 e. The summed E-state index contributed by atoms with van der Waals surface area (Å²) in [4.78, 5) is 16.6. The average molecular weight is 450 g/mol. The first kappa shape index (κ1) is 21.8. The van der Waals surface area contributed by atoms with Crippen LogP contribution in [-0.2, 0) is 17.0 Å².